The molecule has 11 nitrogen and oxygen atoms in total. The van der Waals surface area contributed by atoms with Crippen LogP contribution in [-0.4, -0.2) is 62.8 Å². The SMILES string of the molecule is CCCc1cc[n+](CC2=C(C(=O)O)N3C(=O)[C@@H](NC(=O)/C(=N\OC)c4csc(N)n4)[C@H]3SC2)cc1. The van der Waals surface area contributed by atoms with Gasteiger partial charge in [0.2, 0.25) is 0 Å². The summed E-state index contributed by atoms with van der Waals surface area (Å²) in [6.45, 7) is 2.46. The first-order chi connectivity index (χ1) is 16.8. The molecule has 2 aromatic heterocycles. The Kier molecular flexibility index (Phi) is 7.36. The lowest BCUT2D eigenvalue weighted by molar-refractivity contribution is -0.689. The topological polar surface area (TPSA) is 151 Å². The number of β-lactam (4-membered cyclic amide) rings is 1. The van der Waals surface area contributed by atoms with Crippen LogP contribution in [0.5, 0.6) is 0 Å². The number of anilines is 1. The van der Waals surface area contributed by atoms with Crippen LogP contribution in [0, 0.1) is 0 Å². The van der Waals surface area contributed by atoms with Crippen molar-refractivity contribution in [2.45, 2.75) is 37.7 Å². The number of carboxylic acids is 1. The van der Waals surface area contributed by atoms with Gasteiger partial charge in [0.15, 0.2) is 29.8 Å². The highest BCUT2D eigenvalue weighted by atomic mass is 32.2. The number of hydrogen-bond donors (Lipinski definition) is 3. The number of nitrogens with zero attached hydrogens (tertiary/aromatic N) is 4. The smallest absolute Gasteiger partial charge is 0.352 e. The van der Waals surface area contributed by atoms with Crippen LogP contribution in [-0.2, 0) is 32.2 Å². The van der Waals surface area contributed by atoms with Gasteiger partial charge >= 0.3 is 5.97 Å². The summed E-state index contributed by atoms with van der Waals surface area (Å²) in [6.07, 6.45) is 5.85. The number of thioether (sulfide) groups is 1. The Labute approximate surface area is 209 Å². The molecular weight excluding hydrogens is 492 g/mol. The molecule has 2 aromatic rings. The monoisotopic (exact) mass is 517 g/mol. The van der Waals surface area contributed by atoms with Crippen LogP contribution in [0.1, 0.15) is 24.6 Å². The third kappa shape index (κ3) is 5.00. The molecule has 35 heavy (non-hydrogen) atoms. The molecule has 0 bridgehead atoms. The van der Waals surface area contributed by atoms with Crippen LogP contribution in [0.4, 0.5) is 5.13 Å². The van der Waals surface area contributed by atoms with Crippen molar-refractivity contribution in [3.05, 3.63) is 52.4 Å². The molecule has 13 heteroatoms. The highest BCUT2D eigenvalue weighted by molar-refractivity contribution is 8.00. The molecule has 184 valence electrons. The average Bonchev–Trinajstić information content (AvgIpc) is 3.27. The summed E-state index contributed by atoms with van der Waals surface area (Å²) in [5, 5.41) is 17.5. The fraction of sp³-hybridized carbons (Fsp3) is 0.364. The molecule has 4 rings (SSSR count). The number of carbonyl (C=O) groups is 3. The maximum absolute atomic E-state index is 13.0. The number of nitrogens with one attached hydrogen (secondary N) is 1. The summed E-state index contributed by atoms with van der Waals surface area (Å²) >= 11 is 2.54. The minimum Gasteiger partial charge on any atom is -0.477 e. The van der Waals surface area contributed by atoms with Crippen molar-refractivity contribution in [1.82, 2.24) is 15.2 Å². The highest BCUT2D eigenvalue weighted by Crippen LogP contribution is 2.40. The normalized spacial score (nSPS) is 19.8. The molecule has 1 saturated heterocycles. The molecule has 0 radical (unpaired) electrons. The van der Waals surface area contributed by atoms with Gasteiger partial charge in [0, 0.05) is 28.8 Å². The zero-order valence-electron chi connectivity index (χ0n) is 19.1. The van der Waals surface area contributed by atoms with E-state index in [2.05, 4.69) is 22.4 Å². The van der Waals surface area contributed by atoms with E-state index in [0.29, 0.717) is 17.9 Å². The number of rotatable bonds is 9. The van der Waals surface area contributed by atoms with E-state index < -0.39 is 29.2 Å². The quantitative estimate of drug-likeness (QED) is 0.191. The predicted molar refractivity (Wildman–Crippen MR) is 130 cm³/mol. The van der Waals surface area contributed by atoms with Crippen LogP contribution in [0.2, 0.25) is 0 Å². The Morgan fingerprint density at radius 2 is 2.14 bits per heavy atom. The van der Waals surface area contributed by atoms with Crippen LogP contribution < -0.4 is 15.6 Å². The lowest BCUT2D eigenvalue weighted by Crippen LogP contribution is -2.71. The predicted octanol–water partition coefficient (Wildman–Crippen LogP) is 0.755. The van der Waals surface area contributed by atoms with Gasteiger partial charge < -0.3 is 21.0 Å². The summed E-state index contributed by atoms with van der Waals surface area (Å²) in [7, 11) is 1.29. The number of thiazole rings is 1. The molecule has 4 N–H and O–H groups in total. The first-order valence-electron chi connectivity index (χ1n) is 10.8. The van der Waals surface area contributed by atoms with Crippen LogP contribution in [0.3, 0.4) is 0 Å². The van der Waals surface area contributed by atoms with Gasteiger partial charge in [0.05, 0.1) is 0 Å². The zero-order chi connectivity index (χ0) is 25.1. The van der Waals surface area contributed by atoms with Crippen molar-refractivity contribution in [3.8, 4) is 0 Å². The lowest BCUT2D eigenvalue weighted by atomic mass is 10.0. The van der Waals surface area contributed by atoms with E-state index in [1.165, 1.54) is 29.3 Å². The number of fused-ring (bicyclic) bond motifs is 1. The van der Waals surface area contributed by atoms with Crippen LogP contribution in [0.25, 0.3) is 0 Å². The number of nitrogens with two attached hydrogens (primary N) is 1. The number of hydrogen-bond acceptors (Lipinski definition) is 9. The fourth-order valence-electron chi connectivity index (χ4n) is 3.98. The standard InChI is InChI=1S/C22H24N6O5S2/c1-3-4-12-5-7-27(8-6-12)9-13-10-34-20-16(19(30)28(20)17(13)21(31)32)25-18(29)15(26-33-2)14-11-35-22(23)24-14/h5-8,11,16,20H,3-4,9-10H2,1-2H3,(H3-,23,24,25,29,31,32)/p+1/b26-15-/t16-,20-/m1/s1. The van der Waals surface area contributed by atoms with E-state index >= 15 is 0 Å². The first-order valence-corrected chi connectivity index (χ1v) is 12.8. The molecule has 0 aliphatic carbocycles. The zero-order valence-corrected chi connectivity index (χ0v) is 20.8. The van der Waals surface area contributed by atoms with Crippen LogP contribution >= 0.6 is 23.1 Å². The lowest BCUT2D eigenvalue weighted by Gasteiger charge is -2.49. The van der Waals surface area contributed by atoms with Crippen molar-refractivity contribution in [2.24, 2.45) is 5.16 Å². The van der Waals surface area contributed by atoms with E-state index in [1.54, 1.807) is 5.38 Å². The Morgan fingerprint density at radius 3 is 2.74 bits per heavy atom. The summed E-state index contributed by atoms with van der Waals surface area (Å²) in [4.78, 5) is 48.0. The van der Waals surface area contributed by atoms with E-state index in [9.17, 15) is 19.5 Å². The molecule has 0 unspecified atom stereocenters. The van der Waals surface area contributed by atoms with Crippen molar-refractivity contribution in [2.75, 3.05) is 18.6 Å². The van der Waals surface area contributed by atoms with E-state index in [1.807, 2.05) is 29.1 Å². The third-order valence-electron chi connectivity index (χ3n) is 5.57. The van der Waals surface area contributed by atoms with Crippen molar-refractivity contribution in [1.29, 1.82) is 0 Å². The molecule has 2 atom stereocenters. The van der Waals surface area contributed by atoms with Gasteiger partial charge in [-0.1, -0.05) is 18.5 Å². The van der Waals surface area contributed by atoms with Crippen LogP contribution in [0.15, 0.2) is 46.3 Å². The molecule has 4 heterocycles. The molecule has 0 saturated carbocycles. The van der Waals surface area contributed by atoms with E-state index in [0.717, 1.165) is 24.2 Å². The number of aryl methyl sites for hydroxylation is 1. The van der Waals surface area contributed by atoms with Crippen molar-refractivity contribution >= 4 is 51.7 Å². The summed E-state index contributed by atoms with van der Waals surface area (Å²) in [5.41, 5.74) is 7.56. The number of amides is 2. The Hall–Kier alpha value is -3.45. The number of oxime groups is 1. The maximum atomic E-state index is 13.0. The molecule has 2 amide bonds. The van der Waals surface area contributed by atoms with E-state index in [-0.39, 0.29) is 22.2 Å². The van der Waals surface area contributed by atoms with Crippen molar-refractivity contribution in [3.63, 3.8) is 0 Å². The molecule has 2 aliphatic heterocycles. The van der Waals surface area contributed by atoms with Gasteiger partial charge in [-0.3, -0.25) is 14.5 Å². The largest absolute Gasteiger partial charge is 0.477 e. The second-order valence-electron chi connectivity index (χ2n) is 7.94. The Balaban J connectivity index is 1.50. The molecule has 2 aliphatic rings. The van der Waals surface area contributed by atoms with Gasteiger partial charge in [-0.15, -0.1) is 23.1 Å². The minimum absolute atomic E-state index is 0.0348. The van der Waals surface area contributed by atoms with Gasteiger partial charge in [-0.05, 0) is 12.0 Å². The van der Waals surface area contributed by atoms with Gasteiger partial charge in [0.25, 0.3) is 11.8 Å². The number of pyridine rings is 1. The molecule has 0 spiro atoms. The second kappa shape index (κ2) is 10.4. The first kappa shape index (κ1) is 24.7. The highest BCUT2D eigenvalue weighted by Gasteiger charge is 2.54. The number of aromatic nitrogens is 2. The third-order valence-corrected chi connectivity index (χ3v) is 7.58. The Bertz CT molecular complexity index is 1210. The molecular formula is C22H25N6O5S2+. The Morgan fingerprint density at radius 1 is 1.40 bits per heavy atom. The average molecular weight is 518 g/mol. The number of aliphatic carboxylic acids is 1. The van der Waals surface area contributed by atoms with Gasteiger partial charge in [0.1, 0.15) is 29.9 Å². The number of carbonyl (C=O) groups excluding carboxylic acids is 2. The molecule has 1 fully saturated rings. The minimum atomic E-state index is -1.17. The van der Waals surface area contributed by atoms with Crippen molar-refractivity contribution < 1.29 is 28.9 Å². The fourth-order valence-corrected chi connectivity index (χ4v) is 5.86. The summed E-state index contributed by atoms with van der Waals surface area (Å²) < 4.78 is 1.90. The van der Waals surface area contributed by atoms with E-state index in [4.69, 9.17) is 10.6 Å². The summed E-state index contributed by atoms with van der Waals surface area (Å²) in [5.74, 6) is -1.92. The second-order valence-corrected chi connectivity index (χ2v) is 9.94. The summed E-state index contributed by atoms with van der Waals surface area (Å²) in [6, 6.07) is 3.12. The number of carboxylic acid groups (broad SMARTS) is 1. The number of nitrogen functional groups attached to an aromatic ring is 1. The maximum Gasteiger partial charge on any atom is 0.352 e. The molecule has 0 aromatic carbocycles. The van der Waals surface area contributed by atoms with Gasteiger partial charge in [-0.25, -0.2) is 14.3 Å². The van der Waals surface area contributed by atoms with Gasteiger partial charge in [-0.2, -0.15) is 0 Å².